The van der Waals surface area contributed by atoms with Crippen molar-refractivity contribution in [3.8, 4) is 0 Å². The van der Waals surface area contributed by atoms with Gasteiger partial charge in [-0.05, 0) is 17.7 Å². The number of nitrogens with two attached hydrogens (primary N) is 1. The van der Waals surface area contributed by atoms with E-state index in [9.17, 15) is 8.42 Å². The second kappa shape index (κ2) is 2.96. The molecule has 2 rings (SSSR count). The third-order valence-corrected chi connectivity index (χ3v) is 3.31. The van der Waals surface area contributed by atoms with Crippen LogP contribution >= 0.6 is 11.6 Å². The first kappa shape index (κ1) is 9.48. The minimum atomic E-state index is -3.44. The van der Waals surface area contributed by atoms with E-state index < -0.39 is 10.0 Å². The van der Waals surface area contributed by atoms with Crippen molar-refractivity contribution < 1.29 is 8.42 Å². The summed E-state index contributed by atoms with van der Waals surface area (Å²) in [5, 5.41) is 0.515. The molecule has 0 fully saturated rings. The van der Waals surface area contributed by atoms with Gasteiger partial charge in [0.25, 0.3) is 10.0 Å². The average Bonchev–Trinajstić information content (AvgIpc) is 2.05. The first-order chi connectivity index (χ1) is 6.48. The van der Waals surface area contributed by atoms with Crippen LogP contribution in [-0.2, 0) is 15.8 Å². The van der Waals surface area contributed by atoms with Gasteiger partial charge >= 0.3 is 0 Å². The third-order valence-electron chi connectivity index (χ3n) is 1.92. The van der Waals surface area contributed by atoms with Gasteiger partial charge in [0.1, 0.15) is 5.84 Å². The van der Waals surface area contributed by atoms with Gasteiger partial charge in [-0.25, -0.2) is 8.42 Å². The molecule has 0 aromatic heterocycles. The van der Waals surface area contributed by atoms with Crippen LogP contribution in [0.1, 0.15) is 11.1 Å². The van der Waals surface area contributed by atoms with E-state index in [0.717, 1.165) is 0 Å². The second-order valence-electron chi connectivity index (χ2n) is 3.00. The fourth-order valence-corrected chi connectivity index (χ4v) is 2.62. The molecule has 0 bridgehead atoms. The Morgan fingerprint density at radius 2 is 2.14 bits per heavy atom. The number of sulfonamides is 1. The SMILES string of the molecule is NC1=NS(=O)(=O)Cc2ccc(Cl)cc21. The predicted molar refractivity (Wildman–Crippen MR) is 54.8 cm³/mol. The highest BCUT2D eigenvalue weighted by Gasteiger charge is 2.21. The van der Waals surface area contributed by atoms with Gasteiger partial charge in [0.05, 0.1) is 5.75 Å². The molecule has 0 amide bonds. The van der Waals surface area contributed by atoms with Gasteiger partial charge < -0.3 is 5.73 Å². The summed E-state index contributed by atoms with van der Waals surface area (Å²) in [5.74, 6) is -0.103. The Hall–Kier alpha value is -1.07. The van der Waals surface area contributed by atoms with E-state index in [4.69, 9.17) is 17.3 Å². The fraction of sp³-hybridized carbons (Fsp3) is 0.125. The lowest BCUT2D eigenvalue weighted by Crippen LogP contribution is -2.23. The lowest BCUT2D eigenvalue weighted by Gasteiger charge is -2.13. The molecule has 6 heteroatoms. The fourth-order valence-electron chi connectivity index (χ4n) is 1.34. The van der Waals surface area contributed by atoms with Gasteiger partial charge in [-0.2, -0.15) is 0 Å². The van der Waals surface area contributed by atoms with E-state index in [0.29, 0.717) is 16.1 Å². The molecule has 0 spiro atoms. The maximum Gasteiger partial charge on any atom is 0.259 e. The number of amidine groups is 1. The molecule has 0 atom stereocenters. The Balaban J connectivity index is 2.68. The topological polar surface area (TPSA) is 72.5 Å². The summed E-state index contributed by atoms with van der Waals surface area (Å²) in [7, 11) is -3.44. The highest BCUT2D eigenvalue weighted by molar-refractivity contribution is 7.89. The summed E-state index contributed by atoms with van der Waals surface area (Å²) in [6.07, 6.45) is 0. The molecule has 74 valence electrons. The summed E-state index contributed by atoms with van der Waals surface area (Å²) >= 11 is 5.75. The molecular weight excluding hydrogens is 224 g/mol. The van der Waals surface area contributed by atoms with Gasteiger partial charge in [0.2, 0.25) is 0 Å². The predicted octanol–water partition coefficient (Wildman–Crippen LogP) is 0.889. The van der Waals surface area contributed by atoms with Crippen molar-refractivity contribution >= 4 is 27.5 Å². The monoisotopic (exact) mass is 230 g/mol. The van der Waals surface area contributed by atoms with Crippen molar-refractivity contribution in [3.05, 3.63) is 34.3 Å². The number of hydrogen-bond donors (Lipinski definition) is 1. The molecule has 1 heterocycles. The molecule has 1 aromatic rings. The van der Waals surface area contributed by atoms with Crippen molar-refractivity contribution in [2.75, 3.05) is 0 Å². The van der Waals surface area contributed by atoms with E-state index in [1.165, 1.54) is 0 Å². The average molecular weight is 231 g/mol. The molecule has 14 heavy (non-hydrogen) atoms. The maximum absolute atomic E-state index is 11.2. The zero-order valence-electron chi connectivity index (χ0n) is 7.07. The van der Waals surface area contributed by atoms with E-state index >= 15 is 0 Å². The quantitative estimate of drug-likeness (QED) is 0.719. The van der Waals surface area contributed by atoms with Crippen molar-refractivity contribution in [3.63, 3.8) is 0 Å². The van der Waals surface area contributed by atoms with Crippen LogP contribution in [0.2, 0.25) is 5.02 Å². The van der Waals surface area contributed by atoms with Gasteiger partial charge in [-0.1, -0.05) is 17.7 Å². The second-order valence-corrected chi connectivity index (χ2v) is 5.08. The van der Waals surface area contributed by atoms with Crippen molar-refractivity contribution in [1.29, 1.82) is 0 Å². The number of fused-ring (bicyclic) bond motifs is 1. The number of rotatable bonds is 0. The molecule has 1 aromatic carbocycles. The van der Waals surface area contributed by atoms with E-state index in [1.54, 1.807) is 18.2 Å². The zero-order valence-corrected chi connectivity index (χ0v) is 8.64. The molecule has 0 saturated carbocycles. The van der Waals surface area contributed by atoms with E-state index in [-0.39, 0.29) is 11.6 Å². The van der Waals surface area contributed by atoms with Gasteiger partial charge in [0.15, 0.2) is 0 Å². The van der Waals surface area contributed by atoms with Crippen LogP contribution in [-0.4, -0.2) is 14.3 Å². The molecule has 2 N–H and O–H groups in total. The summed E-state index contributed by atoms with van der Waals surface area (Å²) in [5.41, 5.74) is 6.75. The van der Waals surface area contributed by atoms with Crippen molar-refractivity contribution in [1.82, 2.24) is 0 Å². The number of hydrogen-bond acceptors (Lipinski definition) is 3. The molecule has 4 nitrogen and oxygen atoms in total. The van der Waals surface area contributed by atoms with Gasteiger partial charge in [0, 0.05) is 10.6 Å². The normalized spacial score (nSPS) is 18.5. The van der Waals surface area contributed by atoms with Crippen LogP contribution in [0.25, 0.3) is 0 Å². The summed E-state index contributed by atoms with van der Waals surface area (Å²) in [4.78, 5) is 0. The van der Waals surface area contributed by atoms with Crippen LogP contribution in [0, 0.1) is 0 Å². The Morgan fingerprint density at radius 1 is 1.43 bits per heavy atom. The van der Waals surface area contributed by atoms with Crippen LogP contribution in [0.4, 0.5) is 0 Å². The van der Waals surface area contributed by atoms with E-state index in [1.807, 2.05) is 0 Å². The highest BCUT2D eigenvalue weighted by Crippen LogP contribution is 2.22. The maximum atomic E-state index is 11.2. The molecule has 0 unspecified atom stereocenters. The lowest BCUT2D eigenvalue weighted by molar-refractivity contribution is 0.596. The Bertz CT molecular complexity index is 522. The minimum absolute atomic E-state index is 0.00810. The van der Waals surface area contributed by atoms with Crippen LogP contribution in [0.5, 0.6) is 0 Å². The van der Waals surface area contributed by atoms with Crippen molar-refractivity contribution in [2.24, 2.45) is 10.1 Å². The number of halogens is 1. The third kappa shape index (κ3) is 1.60. The number of benzene rings is 1. The molecule has 1 aliphatic rings. The molecular formula is C8H7ClN2O2S. The molecule has 0 saturated heterocycles. The van der Waals surface area contributed by atoms with Gasteiger partial charge in [-0.15, -0.1) is 4.40 Å². The highest BCUT2D eigenvalue weighted by atomic mass is 35.5. The Morgan fingerprint density at radius 3 is 2.86 bits per heavy atom. The largest absolute Gasteiger partial charge is 0.383 e. The first-order valence-electron chi connectivity index (χ1n) is 3.85. The first-order valence-corrected chi connectivity index (χ1v) is 5.83. The van der Waals surface area contributed by atoms with Crippen molar-refractivity contribution in [2.45, 2.75) is 5.75 Å². The smallest absolute Gasteiger partial charge is 0.259 e. The van der Waals surface area contributed by atoms with Crippen LogP contribution in [0.15, 0.2) is 22.6 Å². The zero-order chi connectivity index (χ0) is 10.3. The Kier molecular flexibility index (Phi) is 2.01. The van der Waals surface area contributed by atoms with Gasteiger partial charge in [-0.3, -0.25) is 0 Å². The summed E-state index contributed by atoms with van der Waals surface area (Å²) in [6, 6.07) is 4.90. The van der Waals surface area contributed by atoms with Crippen LogP contribution in [0.3, 0.4) is 0 Å². The summed E-state index contributed by atoms with van der Waals surface area (Å²) < 4.78 is 25.8. The minimum Gasteiger partial charge on any atom is -0.383 e. The summed E-state index contributed by atoms with van der Waals surface area (Å²) in [6.45, 7) is 0. The van der Waals surface area contributed by atoms with E-state index in [2.05, 4.69) is 4.40 Å². The standard InChI is InChI=1S/C8H7ClN2O2S/c9-6-2-1-5-4-14(12,13)11-8(10)7(5)3-6/h1-3H,4H2,(H2,10,11). The Labute approximate surface area is 86.5 Å². The lowest BCUT2D eigenvalue weighted by atomic mass is 10.1. The molecule has 0 radical (unpaired) electrons. The molecule has 1 aliphatic heterocycles. The van der Waals surface area contributed by atoms with Crippen LogP contribution < -0.4 is 5.73 Å². The molecule has 0 aliphatic carbocycles. The number of nitrogens with zero attached hydrogens (tertiary/aromatic N) is 1.